The molecule has 2 heterocycles. The molecule has 1 aliphatic heterocycles. The number of methoxy groups -OCH3 is 1. The van der Waals surface area contributed by atoms with Crippen LogP contribution in [0.4, 0.5) is 0 Å². The minimum absolute atomic E-state index is 0.202. The topological polar surface area (TPSA) is 89.3 Å². The van der Waals surface area contributed by atoms with Gasteiger partial charge in [-0.05, 0) is 30.2 Å². The molecule has 0 spiro atoms. The van der Waals surface area contributed by atoms with Crippen LogP contribution in [0.1, 0.15) is 34.1 Å². The summed E-state index contributed by atoms with van der Waals surface area (Å²) in [5, 5.41) is 18.9. The first-order chi connectivity index (χ1) is 11.1. The van der Waals surface area contributed by atoms with Crippen LogP contribution in [-0.4, -0.2) is 40.7 Å². The number of aromatic amines is 1. The Kier molecular flexibility index (Phi) is 4.04. The first-order valence-corrected chi connectivity index (χ1v) is 7.34. The van der Waals surface area contributed by atoms with Gasteiger partial charge in [0.05, 0.1) is 24.8 Å². The number of aromatic nitrogens is 1. The zero-order valence-electron chi connectivity index (χ0n) is 12.7. The Labute approximate surface area is 133 Å². The number of β-amino-alcohol motifs (C(OH)–C–C–N with tert-alkyl or cyclic N) is 1. The van der Waals surface area contributed by atoms with Gasteiger partial charge in [0.1, 0.15) is 17.5 Å². The maximum atomic E-state index is 12.7. The Morgan fingerprint density at radius 1 is 1.48 bits per heavy atom. The van der Waals surface area contributed by atoms with Crippen molar-refractivity contribution in [3.63, 3.8) is 0 Å². The molecule has 3 rings (SSSR count). The number of likely N-dealkylation sites (tertiary alicyclic amines) is 1. The molecule has 118 valence electrons. The molecular weight excluding hydrogens is 294 g/mol. The Balaban J connectivity index is 1.90. The van der Waals surface area contributed by atoms with Gasteiger partial charge in [0.15, 0.2) is 0 Å². The number of carbonyl (C=O) groups is 1. The molecule has 1 aromatic carbocycles. The summed E-state index contributed by atoms with van der Waals surface area (Å²) in [6.07, 6.45) is 1.44. The Bertz CT molecular complexity index is 762. The number of amides is 1. The van der Waals surface area contributed by atoms with Gasteiger partial charge in [0.2, 0.25) is 0 Å². The van der Waals surface area contributed by atoms with Crippen LogP contribution in [0.2, 0.25) is 0 Å². The lowest BCUT2D eigenvalue weighted by atomic mass is 10.0. The number of H-pyrrole nitrogens is 1. The minimum atomic E-state index is -0.565. The summed E-state index contributed by atoms with van der Waals surface area (Å²) in [5.74, 6) is 0.511. The maximum absolute atomic E-state index is 12.7. The SMILES string of the molecule is COc1cccc([C@H]2C[C@@H](O)CN2C(=O)c2c[nH]c(C#N)c2)c1. The molecule has 0 radical (unpaired) electrons. The van der Waals surface area contributed by atoms with Crippen LogP contribution in [0.3, 0.4) is 0 Å². The number of nitriles is 1. The van der Waals surface area contributed by atoms with E-state index in [-0.39, 0.29) is 18.5 Å². The molecule has 1 saturated heterocycles. The van der Waals surface area contributed by atoms with Crippen LogP contribution < -0.4 is 4.74 Å². The lowest BCUT2D eigenvalue weighted by Gasteiger charge is -2.24. The van der Waals surface area contributed by atoms with Crippen molar-refractivity contribution in [1.29, 1.82) is 5.26 Å². The minimum Gasteiger partial charge on any atom is -0.497 e. The van der Waals surface area contributed by atoms with Gasteiger partial charge in [0, 0.05) is 12.7 Å². The molecule has 23 heavy (non-hydrogen) atoms. The average Bonchev–Trinajstić information content (AvgIpc) is 3.20. The largest absolute Gasteiger partial charge is 0.497 e. The van der Waals surface area contributed by atoms with Gasteiger partial charge in [0.25, 0.3) is 5.91 Å². The number of carbonyl (C=O) groups excluding carboxylic acids is 1. The predicted molar refractivity (Wildman–Crippen MR) is 82.9 cm³/mol. The number of hydrogen-bond acceptors (Lipinski definition) is 4. The average molecular weight is 311 g/mol. The third-order valence-corrected chi connectivity index (χ3v) is 4.07. The van der Waals surface area contributed by atoms with Crippen molar-refractivity contribution in [2.45, 2.75) is 18.6 Å². The summed E-state index contributed by atoms with van der Waals surface area (Å²) >= 11 is 0. The van der Waals surface area contributed by atoms with Crippen molar-refractivity contribution in [1.82, 2.24) is 9.88 Å². The van der Waals surface area contributed by atoms with Crippen molar-refractivity contribution in [3.05, 3.63) is 53.3 Å². The van der Waals surface area contributed by atoms with E-state index in [1.165, 1.54) is 12.3 Å². The van der Waals surface area contributed by atoms with Crippen molar-refractivity contribution in [2.75, 3.05) is 13.7 Å². The lowest BCUT2D eigenvalue weighted by Crippen LogP contribution is -2.31. The summed E-state index contributed by atoms with van der Waals surface area (Å²) < 4.78 is 5.23. The number of rotatable bonds is 3. The van der Waals surface area contributed by atoms with Gasteiger partial charge in [-0.25, -0.2) is 0 Å². The Morgan fingerprint density at radius 2 is 2.30 bits per heavy atom. The maximum Gasteiger partial charge on any atom is 0.256 e. The summed E-state index contributed by atoms with van der Waals surface area (Å²) in [5.41, 5.74) is 1.68. The fraction of sp³-hybridized carbons (Fsp3) is 0.294. The highest BCUT2D eigenvalue weighted by molar-refractivity contribution is 5.95. The van der Waals surface area contributed by atoms with Crippen LogP contribution in [0.5, 0.6) is 5.75 Å². The van der Waals surface area contributed by atoms with Gasteiger partial charge in [-0.2, -0.15) is 5.26 Å². The molecule has 0 aliphatic carbocycles. The van der Waals surface area contributed by atoms with Crippen molar-refractivity contribution in [3.8, 4) is 11.8 Å². The van der Waals surface area contributed by atoms with Crippen molar-refractivity contribution >= 4 is 5.91 Å². The molecule has 2 aromatic rings. The monoisotopic (exact) mass is 311 g/mol. The third-order valence-electron chi connectivity index (χ3n) is 4.07. The van der Waals surface area contributed by atoms with Crippen molar-refractivity contribution < 1.29 is 14.6 Å². The van der Waals surface area contributed by atoms with Crippen LogP contribution in [0.15, 0.2) is 36.5 Å². The first kappa shape index (κ1) is 15.1. The quantitative estimate of drug-likeness (QED) is 0.905. The van der Waals surface area contributed by atoms with Crippen LogP contribution in [0, 0.1) is 11.3 Å². The summed E-state index contributed by atoms with van der Waals surface area (Å²) in [6.45, 7) is 0.272. The molecule has 1 aromatic heterocycles. The zero-order chi connectivity index (χ0) is 16.4. The smallest absolute Gasteiger partial charge is 0.256 e. The second-order valence-corrected chi connectivity index (χ2v) is 5.55. The number of aliphatic hydroxyl groups is 1. The third kappa shape index (κ3) is 2.91. The highest BCUT2D eigenvalue weighted by Gasteiger charge is 2.36. The number of nitrogens with one attached hydrogen (secondary N) is 1. The second kappa shape index (κ2) is 6.15. The van der Waals surface area contributed by atoms with E-state index in [4.69, 9.17) is 10.00 Å². The molecule has 1 aliphatic rings. The van der Waals surface area contributed by atoms with E-state index in [0.717, 1.165) is 5.56 Å². The van der Waals surface area contributed by atoms with Crippen molar-refractivity contribution in [2.24, 2.45) is 0 Å². The second-order valence-electron chi connectivity index (χ2n) is 5.55. The molecule has 6 heteroatoms. The zero-order valence-corrected chi connectivity index (χ0v) is 12.7. The highest BCUT2D eigenvalue weighted by atomic mass is 16.5. The number of nitrogens with zero attached hydrogens (tertiary/aromatic N) is 2. The van der Waals surface area contributed by atoms with E-state index < -0.39 is 6.10 Å². The van der Waals surface area contributed by atoms with Gasteiger partial charge in [-0.15, -0.1) is 0 Å². The van der Waals surface area contributed by atoms with Crippen LogP contribution >= 0.6 is 0 Å². The molecule has 2 atom stereocenters. The van der Waals surface area contributed by atoms with Crippen LogP contribution in [0.25, 0.3) is 0 Å². The number of ether oxygens (including phenoxy) is 1. The number of aliphatic hydroxyl groups excluding tert-OH is 1. The predicted octanol–water partition coefficient (Wildman–Crippen LogP) is 1.84. The van der Waals surface area contributed by atoms with Gasteiger partial charge in [-0.1, -0.05) is 12.1 Å². The fourth-order valence-corrected chi connectivity index (χ4v) is 2.95. The first-order valence-electron chi connectivity index (χ1n) is 7.34. The summed E-state index contributed by atoms with van der Waals surface area (Å²) in [6, 6.07) is 10.8. The molecule has 2 N–H and O–H groups in total. The van der Waals surface area contributed by atoms with Gasteiger partial charge in [-0.3, -0.25) is 4.79 Å². The van der Waals surface area contributed by atoms with Gasteiger partial charge >= 0.3 is 0 Å². The lowest BCUT2D eigenvalue weighted by molar-refractivity contribution is 0.0716. The number of hydrogen-bond donors (Lipinski definition) is 2. The van der Waals surface area contributed by atoms with E-state index in [9.17, 15) is 9.90 Å². The van der Waals surface area contributed by atoms with E-state index >= 15 is 0 Å². The highest BCUT2D eigenvalue weighted by Crippen LogP contribution is 2.34. The number of benzene rings is 1. The van der Waals surface area contributed by atoms with Gasteiger partial charge < -0.3 is 19.7 Å². The molecule has 0 unspecified atom stereocenters. The molecule has 0 saturated carbocycles. The van der Waals surface area contributed by atoms with E-state index in [1.807, 2.05) is 30.3 Å². The molecule has 1 fully saturated rings. The molecular formula is C17H17N3O3. The van der Waals surface area contributed by atoms with E-state index in [2.05, 4.69) is 4.98 Å². The fourth-order valence-electron chi connectivity index (χ4n) is 2.95. The van der Waals surface area contributed by atoms with E-state index in [0.29, 0.717) is 23.4 Å². The molecule has 0 bridgehead atoms. The standard InChI is InChI=1S/C17H17N3O3/c1-23-15-4-2-3-11(6-15)16-7-14(21)10-20(16)17(22)12-5-13(8-18)19-9-12/h2-6,9,14,16,19,21H,7,10H2,1H3/t14-,16-/m1/s1. The molecule has 1 amide bonds. The summed E-state index contributed by atoms with van der Waals surface area (Å²) in [7, 11) is 1.59. The normalized spacial score (nSPS) is 20.3. The van der Waals surface area contributed by atoms with E-state index in [1.54, 1.807) is 12.0 Å². The summed E-state index contributed by atoms with van der Waals surface area (Å²) in [4.78, 5) is 17.1. The Hall–Kier alpha value is -2.78. The Morgan fingerprint density at radius 3 is 3.00 bits per heavy atom. The van der Waals surface area contributed by atoms with Crippen LogP contribution in [-0.2, 0) is 0 Å². The molecule has 6 nitrogen and oxygen atoms in total.